The van der Waals surface area contributed by atoms with E-state index in [0.717, 1.165) is 6.92 Å². The van der Waals surface area contributed by atoms with Gasteiger partial charge in [0, 0.05) is 0 Å². The zero-order valence-corrected chi connectivity index (χ0v) is 7.79. The van der Waals surface area contributed by atoms with Crippen molar-refractivity contribution in [3.8, 4) is 0 Å². The zero-order chi connectivity index (χ0) is 10.2. The highest BCUT2D eigenvalue weighted by molar-refractivity contribution is 4.85. The Balaban J connectivity index is 4.44. The molecule has 0 aliphatic carbocycles. The van der Waals surface area contributed by atoms with Crippen molar-refractivity contribution in [2.24, 2.45) is 5.41 Å². The van der Waals surface area contributed by atoms with Crippen molar-refractivity contribution < 1.29 is 18.3 Å². The smallest absolute Gasteiger partial charge is 0.381 e. The topological polar surface area (TPSA) is 20.2 Å². The predicted octanol–water partition coefficient (Wildman–Crippen LogP) is 2.74. The second kappa shape index (κ2) is 2.91. The molecule has 0 heterocycles. The van der Waals surface area contributed by atoms with Crippen molar-refractivity contribution in [2.45, 2.75) is 45.9 Å². The lowest BCUT2D eigenvalue weighted by Crippen LogP contribution is -2.44. The molecule has 1 atom stereocenters. The molecule has 1 nitrogen and oxygen atoms in total. The van der Waals surface area contributed by atoms with E-state index in [1.165, 1.54) is 0 Å². The molecule has 0 aromatic rings. The first-order valence-corrected chi connectivity index (χ1v) is 3.75. The van der Waals surface area contributed by atoms with Gasteiger partial charge in [0.15, 0.2) is 5.60 Å². The summed E-state index contributed by atoms with van der Waals surface area (Å²) in [6.45, 7) is 5.78. The van der Waals surface area contributed by atoms with Gasteiger partial charge in [-0.05, 0) is 18.8 Å². The molecular formula is C8H15F3O. The summed E-state index contributed by atoms with van der Waals surface area (Å²) in [5, 5.41) is 9.06. The van der Waals surface area contributed by atoms with Gasteiger partial charge in [-0.1, -0.05) is 20.8 Å². The van der Waals surface area contributed by atoms with E-state index in [-0.39, 0.29) is 6.42 Å². The van der Waals surface area contributed by atoms with Crippen LogP contribution in [0.15, 0.2) is 0 Å². The SMILES string of the molecule is CC(C)(C)C[C@@](C)(O)C(F)(F)F. The minimum absolute atomic E-state index is 0.288. The normalized spacial score (nSPS) is 19.0. The van der Waals surface area contributed by atoms with E-state index >= 15 is 0 Å². The minimum atomic E-state index is -4.54. The van der Waals surface area contributed by atoms with Crippen LogP contribution in [0.4, 0.5) is 13.2 Å². The van der Waals surface area contributed by atoms with Gasteiger partial charge < -0.3 is 5.11 Å². The Hall–Kier alpha value is -0.250. The third-order valence-corrected chi connectivity index (χ3v) is 1.49. The summed E-state index contributed by atoms with van der Waals surface area (Å²) >= 11 is 0. The first kappa shape index (κ1) is 11.8. The maximum atomic E-state index is 12.1. The van der Waals surface area contributed by atoms with E-state index in [1.54, 1.807) is 20.8 Å². The highest BCUT2D eigenvalue weighted by atomic mass is 19.4. The number of halogens is 3. The van der Waals surface area contributed by atoms with Gasteiger partial charge in [0.1, 0.15) is 0 Å². The van der Waals surface area contributed by atoms with Crippen LogP contribution in [-0.4, -0.2) is 16.9 Å². The van der Waals surface area contributed by atoms with Gasteiger partial charge in [0.2, 0.25) is 0 Å². The van der Waals surface area contributed by atoms with Crippen LogP contribution in [0.2, 0.25) is 0 Å². The highest BCUT2D eigenvalue weighted by Gasteiger charge is 2.51. The molecule has 0 aliphatic rings. The van der Waals surface area contributed by atoms with E-state index in [4.69, 9.17) is 5.11 Å². The van der Waals surface area contributed by atoms with Crippen LogP contribution in [0.3, 0.4) is 0 Å². The number of hydrogen-bond donors (Lipinski definition) is 1. The van der Waals surface area contributed by atoms with Crippen LogP contribution in [0.1, 0.15) is 34.1 Å². The Kier molecular flexibility index (Phi) is 2.85. The van der Waals surface area contributed by atoms with Crippen LogP contribution in [0.5, 0.6) is 0 Å². The Morgan fingerprint density at radius 1 is 1.00 bits per heavy atom. The average molecular weight is 184 g/mol. The van der Waals surface area contributed by atoms with Crippen LogP contribution < -0.4 is 0 Å². The summed E-state index contributed by atoms with van der Waals surface area (Å²) in [7, 11) is 0. The van der Waals surface area contributed by atoms with Gasteiger partial charge in [-0.3, -0.25) is 0 Å². The van der Waals surface area contributed by atoms with E-state index in [1.807, 2.05) is 0 Å². The number of rotatable bonds is 1. The van der Waals surface area contributed by atoms with E-state index in [0.29, 0.717) is 0 Å². The predicted molar refractivity (Wildman–Crippen MR) is 40.8 cm³/mol. The molecule has 0 saturated carbocycles. The van der Waals surface area contributed by atoms with Crippen molar-refractivity contribution in [3.05, 3.63) is 0 Å². The molecule has 0 aromatic carbocycles. The van der Waals surface area contributed by atoms with E-state index < -0.39 is 17.2 Å². The van der Waals surface area contributed by atoms with Crippen molar-refractivity contribution >= 4 is 0 Å². The molecule has 0 radical (unpaired) electrons. The summed E-state index contributed by atoms with van der Waals surface area (Å²) in [4.78, 5) is 0. The van der Waals surface area contributed by atoms with Gasteiger partial charge in [0.25, 0.3) is 0 Å². The fourth-order valence-electron chi connectivity index (χ4n) is 1.13. The van der Waals surface area contributed by atoms with Gasteiger partial charge in [0.05, 0.1) is 0 Å². The van der Waals surface area contributed by atoms with Crippen molar-refractivity contribution in [1.29, 1.82) is 0 Å². The summed E-state index contributed by atoms with van der Waals surface area (Å²) in [6, 6.07) is 0. The molecule has 0 rings (SSSR count). The Morgan fingerprint density at radius 3 is 1.42 bits per heavy atom. The molecule has 0 unspecified atom stereocenters. The number of hydrogen-bond acceptors (Lipinski definition) is 1. The molecule has 12 heavy (non-hydrogen) atoms. The van der Waals surface area contributed by atoms with Crippen LogP contribution in [0.25, 0.3) is 0 Å². The molecule has 1 N–H and O–H groups in total. The van der Waals surface area contributed by atoms with Crippen LogP contribution in [-0.2, 0) is 0 Å². The Bertz CT molecular complexity index is 153. The Morgan fingerprint density at radius 2 is 1.33 bits per heavy atom. The van der Waals surface area contributed by atoms with Gasteiger partial charge in [-0.15, -0.1) is 0 Å². The second-order valence-corrected chi connectivity index (χ2v) is 4.51. The Labute approximate surface area is 70.6 Å². The lowest BCUT2D eigenvalue weighted by atomic mass is 9.82. The molecule has 0 amide bonds. The van der Waals surface area contributed by atoms with Crippen LogP contribution in [0, 0.1) is 5.41 Å². The van der Waals surface area contributed by atoms with Crippen molar-refractivity contribution in [2.75, 3.05) is 0 Å². The van der Waals surface area contributed by atoms with E-state index in [9.17, 15) is 13.2 Å². The lowest BCUT2D eigenvalue weighted by molar-refractivity contribution is -0.261. The number of aliphatic hydroxyl groups is 1. The number of alkyl halides is 3. The lowest BCUT2D eigenvalue weighted by Gasteiger charge is -2.32. The second-order valence-electron chi connectivity index (χ2n) is 4.51. The average Bonchev–Trinajstić information content (AvgIpc) is 1.52. The summed E-state index contributed by atoms with van der Waals surface area (Å²) < 4.78 is 36.3. The maximum Gasteiger partial charge on any atom is 0.416 e. The summed E-state index contributed by atoms with van der Waals surface area (Å²) in [5.74, 6) is 0. The molecular weight excluding hydrogens is 169 g/mol. The van der Waals surface area contributed by atoms with Crippen molar-refractivity contribution in [1.82, 2.24) is 0 Å². The molecule has 74 valence electrons. The van der Waals surface area contributed by atoms with Crippen LogP contribution >= 0.6 is 0 Å². The summed E-state index contributed by atoms with van der Waals surface area (Å²) in [6.07, 6.45) is -4.83. The van der Waals surface area contributed by atoms with Gasteiger partial charge in [-0.25, -0.2) is 0 Å². The summed E-state index contributed by atoms with van der Waals surface area (Å²) in [5.41, 5.74) is -3.11. The zero-order valence-electron chi connectivity index (χ0n) is 7.79. The molecule has 0 bridgehead atoms. The monoisotopic (exact) mass is 184 g/mol. The van der Waals surface area contributed by atoms with Gasteiger partial charge >= 0.3 is 6.18 Å². The third-order valence-electron chi connectivity index (χ3n) is 1.49. The molecule has 0 saturated heterocycles. The van der Waals surface area contributed by atoms with E-state index in [2.05, 4.69) is 0 Å². The third kappa shape index (κ3) is 3.43. The minimum Gasteiger partial charge on any atom is -0.381 e. The molecule has 0 aliphatic heterocycles. The first-order valence-electron chi connectivity index (χ1n) is 3.75. The first-order chi connectivity index (χ1) is 4.96. The molecule has 0 spiro atoms. The quantitative estimate of drug-likeness (QED) is 0.664. The van der Waals surface area contributed by atoms with Gasteiger partial charge in [-0.2, -0.15) is 13.2 Å². The fourth-order valence-corrected chi connectivity index (χ4v) is 1.13. The van der Waals surface area contributed by atoms with Crippen molar-refractivity contribution in [3.63, 3.8) is 0 Å². The largest absolute Gasteiger partial charge is 0.416 e. The molecule has 0 aromatic heterocycles. The molecule has 4 heteroatoms. The fraction of sp³-hybridized carbons (Fsp3) is 1.00. The highest BCUT2D eigenvalue weighted by Crippen LogP contribution is 2.38. The standard InChI is InChI=1S/C8H15F3O/c1-6(2,3)5-7(4,12)8(9,10)11/h12H,5H2,1-4H3/t7-/m1/s1. The maximum absolute atomic E-state index is 12.1. The molecule has 0 fully saturated rings.